The van der Waals surface area contributed by atoms with Crippen molar-refractivity contribution in [3.63, 3.8) is 0 Å². The number of hydrogen-bond acceptors (Lipinski definition) is 3. The van der Waals surface area contributed by atoms with Crippen molar-refractivity contribution < 1.29 is 4.74 Å². The van der Waals surface area contributed by atoms with Gasteiger partial charge in [-0.15, -0.1) is 0 Å². The summed E-state index contributed by atoms with van der Waals surface area (Å²) in [6.07, 6.45) is 6.23. The third kappa shape index (κ3) is 3.10. The normalized spacial score (nSPS) is 18.3. The lowest BCUT2D eigenvalue weighted by atomic mass is 10.1. The maximum absolute atomic E-state index is 6.22. The maximum Gasteiger partial charge on any atom is 0.115 e. The number of halogens is 1. The molecule has 0 aliphatic carbocycles. The number of hydrogen-bond donors (Lipinski definition) is 1. The molecule has 4 heteroatoms. The molecule has 1 aliphatic heterocycles. The van der Waals surface area contributed by atoms with Crippen LogP contribution in [0.2, 0.25) is 5.02 Å². The molecule has 3 nitrogen and oxygen atoms in total. The van der Waals surface area contributed by atoms with Crippen LogP contribution in [-0.2, 0) is 4.74 Å². The van der Waals surface area contributed by atoms with Crippen LogP contribution in [0.5, 0.6) is 0 Å². The fourth-order valence-corrected chi connectivity index (χ4v) is 2.41. The summed E-state index contributed by atoms with van der Waals surface area (Å²) in [4.78, 5) is 2.02. The van der Waals surface area contributed by atoms with Crippen molar-refractivity contribution in [1.29, 1.82) is 0 Å². The average molecular weight is 267 g/mol. The highest BCUT2D eigenvalue weighted by Gasteiger charge is 2.13. The Morgan fingerprint density at radius 1 is 1.44 bits per heavy atom. The number of ether oxygens (including phenoxy) is 1. The van der Waals surface area contributed by atoms with Gasteiger partial charge in [-0.3, -0.25) is 0 Å². The number of allylic oxidation sites excluding steroid dienone is 1. The molecule has 1 aliphatic rings. The summed E-state index contributed by atoms with van der Waals surface area (Å²) in [7, 11) is 3.98. The van der Waals surface area contributed by atoms with E-state index in [1.165, 1.54) is 0 Å². The standard InChI is InChI=1S/C14H19ClN2O/c1-17(2)14-12(15)7-5-8-13(14)16-10-11-6-3-4-9-18-11/h4-5,7-9,11,16H,3,6,10H2,1-2H3. The van der Waals surface area contributed by atoms with E-state index in [0.717, 1.165) is 35.8 Å². The smallest absolute Gasteiger partial charge is 0.115 e. The molecule has 0 saturated carbocycles. The highest BCUT2D eigenvalue weighted by atomic mass is 35.5. The molecule has 1 atom stereocenters. The van der Waals surface area contributed by atoms with E-state index in [-0.39, 0.29) is 6.10 Å². The minimum Gasteiger partial charge on any atom is -0.497 e. The third-order valence-corrected chi connectivity index (χ3v) is 3.28. The number of nitrogens with one attached hydrogen (secondary N) is 1. The van der Waals surface area contributed by atoms with Crippen molar-refractivity contribution in [2.45, 2.75) is 18.9 Å². The zero-order chi connectivity index (χ0) is 13.0. The molecule has 1 aromatic rings. The van der Waals surface area contributed by atoms with Gasteiger partial charge in [-0.05, 0) is 31.1 Å². The highest BCUT2D eigenvalue weighted by Crippen LogP contribution is 2.32. The zero-order valence-electron chi connectivity index (χ0n) is 10.8. The summed E-state index contributed by atoms with van der Waals surface area (Å²) in [5, 5.41) is 4.18. The second kappa shape index (κ2) is 6.01. The van der Waals surface area contributed by atoms with Crippen molar-refractivity contribution >= 4 is 23.0 Å². The lowest BCUT2D eigenvalue weighted by Gasteiger charge is -2.23. The second-order valence-corrected chi connectivity index (χ2v) is 5.03. The van der Waals surface area contributed by atoms with Crippen LogP contribution in [-0.4, -0.2) is 26.7 Å². The van der Waals surface area contributed by atoms with Crippen molar-refractivity contribution in [3.8, 4) is 0 Å². The molecule has 98 valence electrons. The molecular formula is C14H19ClN2O. The van der Waals surface area contributed by atoms with Gasteiger partial charge in [-0.2, -0.15) is 0 Å². The average Bonchev–Trinajstić information content (AvgIpc) is 2.37. The second-order valence-electron chi connectivity index (χ2n) is 4.62. The minimum absolute atomic E-state index is 0.240. The first-order valence-corrected chi connectivity index (χ1v) is 6.56. The lowest BCUT2D eigenvalue weighted by molar-refractivity contribution is 0.135. The predicted molar refractivity (Wildman–Crippen MR) is 77.5 cm³/mol. The number of para-hydroxylation sites is 1. The molecule has 2 rings (SSSR count). The van der Waals surface area contributed by atoms with Crippen LogP contribution in [0.3, 0.4) is 0 Å². The predicted octanol–water partition coefficient (Wildman–Crippen LogP) is 3.51. The molecule has 0 aromatic heterocycles. The molecule has 0 fully saturated rings. The van der Waals surface area contributed by atoms with Crippen molar-refractivity contribution in [1.82, 2.24) is 0 Å². The Labute approximate surface area is 113 Å². The maximum atomic E-state index is 6.22. The summed E-state index contributed by atoms with van der Waals surface area (Å²) in [6.45, 7) is 0.797. The Balaban J connectivity index is 2.04. The highest BCUT2D eigenvalue weighted by molar-refractivity contribution is 6.34. The van der Waals surface area contributed by atoms with Crippen LogP contribution in [0, 0.1) is 0 Å². The van der Waals surface area contributed by atoms with E-state index in [2.05, 4.69) is 11.4 Å². The number of benzene rings is 1. The van der Waals surface area contributed by atoms with Gasteiger partial charge in [0.15, 0.2) is 0 Å². The van der Waals surface area contributed by atoms with Gasteiger partial charge in [-0.25, -0.2) is 0 Å². The molecule has 0 radical (unpaired) electrons. The first kappa shape index (κ1) is 13.1. The lowest BCUT2D eigenvalue weighted by Crippen LogP contribution is -2.24. The fraction of sp³-hybridized carbons (Fsp3) is 0.429. The van der Waals surface area contributed by atoms with E-state index in [1.54, 1.807) is 6.26 Å². The van der Waals surface area contributed by atoms with Gasteiger partial charge in [0.25, 0.3) is 0 Å². The van der Waals surface area contributed by atoms with Crippen LogP contribution in [0.1, 0.15) is 12.8 Å². The van der Waals surface area contributed by atoms with Crippen molar-refractivity contribution in [2.75, 3.05) is 30.9 Å². The Morgan fingerprint density at radius 2 is 2.28 bits per heavy atom. The van der Waals surface area contributed by atoms with Gasteiger partial charge in [-0.1, -0.05) is 17.7 Å². The van der Waals surface area contributed by atoms with Crippen LogP contribution in [0.25, 0.3) is 0 Å². The molecule has 1 N–H and O–H groups in total. The molecule has 1 aromatic carbocycles. The third-order valence-electron chi connectivity index (χ3n) is 2.98. The topological polar surface area (TPSA) is 24.5 Å². The zero-order valence-corrected chi connectivity index (χ0v) is 11.6. The number of anilines is 2. The van der Waals surface area contributed by atoms with E-state index in [1.807, 2.05) is 37.2 Å². The monoisotopic (exact) mass is 266 g/mol. The summed E-state index contributed by atoms with van der Waals surface area (Å²) in [5.41, 5.74) is 2.07. The van der Waals surface area contributed by atoms with Crippen molar-refractivity contribution in [2.24, 2.45) is 0 Å². The first-order valence-electron chi connectivity index (χ1n) is 6.18. The van der Waals surface area contributed by atoms with E-state index >= 15 is 0 Å². The van der Waals surface area contributed by atoms with Gasteiger partial charge in [0.1, 0.15) is 6.10 Å². The van der Waals surface area contributed by atoms with Crippen molar-refractivity contribution in [3.05, 3.63) is 35.6 Å². The van der Waals surface area contributed by atoms with E-state index < -0.39 is 0 Å². The molecule has 1 unspecified atom stereocenters. The number of rotatable bonds is 4. The molecule has 18 heavy (non-hydrogen) atoms. The van der Waals surface area contributed by atoms with Gasteiger partial charge in [0, 0.05) is 14.1 Å². The Hall–Kier alpha value is -1.35. The number of nitrogens with zero attached hydrogens (tertiary/aromatic N) is 1. The summed E-state index contributed by atoms with van der Waals surface area (Å²) in [5.74, 6) is 0. The quantitative estimate of drug-likeness (QED) is 0.903. The van der Waals surface area contributed by atoms with E-state index in [9.17, 15) is 0 Å². The van der Waals surface area contributed by atoms with Crippen LogP contribution < -0.4 is 10.2 Å². The van der Waals surface area contributed by atoms with Gasteiger partial charge in [0.2, 0.25) is 0 Å². The molecule has 1 heterocycles. The Kier molecular flexibility index (Phi) is 4.37. The minimum atomic E-state index is 0.240. The summed E-state index contributed by atoms with van der Waals surface area (Å²) in [6, 6.07) is 5.90. The Bertz CT molecular complexity index is 432. The van der Waals surface area contributed by atoms with Gasteiger partial charge in [0.05, 0.1) is 29.2 Å². The summed E-state index contributed by atoms with van der Waals surface area (Å²) >= 11 is 6.22. The van der Waals surface area contributed by atoms with E-state index in [0.29, 0.717) is 0 Å². The summed E-state index contributed by atoms with van der Waals surface area (Å²) < 4.78 is 5.54. The molecule has 0 amide bonds. The van der Waals surface area contributed by atoms with Gasteiger partial charge >= 0.3 is 0 Å². The van der Waals surface area contributed by atoms with E-state index in [4.69, 9.17) is 16.3 Å². The first-order chi connectivity index (χ1) is 8.68. The molecular weight excluding hydrogens is 248 g/mol. The van der Waals surface area contributed by atoms with Crippen LogP contribution >= 0.6 is 11.6 Å². The van der Waals surface area contributed by atoms with Crippen LogP contribution in [0.15, 0.2) is 30.5 Å². The fourth-order valence-electron chi connectivity index (χ4n) is 2.07. The van der Waals surface area contributed by atoms with Crippen LogP contribution in [0.4, 0.5) is 11.4 Å². The molecule has 0 spiro atoms. The Morgan fingerprint density at radius 3 is 2.94 bits per heavy atom. The largest absolute Gasteiger partial charge is 0.497 e. The SMILES string of the molecule is CN(C)c1c(Cl)cccc1NCC1CCC=CO1. The molecule has 0 bridgehead atoms. The molecule has 0 saturated heterocycles. The van der Waals surface area contributed by atoms with Gasteiger partial charge < -0.3 is 15.0 Å².